The van der Waals surface area contributed by atoms with Crippen LogP contribution in [0.25, 0.3) is 0 Å². The zero-order chi connectivity index (χ0) is 15.2. The summed E-state index contributed by atoms with van der Waals surface area (Å²) in [7, 11) is 2.03. The van der Waals surface area contributed by atoms with Crippen molar-refractivity contribution in [3.8, 4) is 0 Å². The van der Waals surface area contributed by atoms with Crippen LogP contribution in [0, 0.1) is 0 Å². The number of hydrogen-bond donors (Lipinski definition) is 1. The Labute approximate surface area is 130 Å². The Morgan fingerprint density at radius 2 is 2.05 bits per heavy atom. The predicted octanol–water partition coefficient (Wildman–Crippen LogP) is 3.06. The molecule has 1 aromatic carbocycles. The van der Waals surface area contributed by atoms with Crippen molar-refractivity contribution in [2.45, 2.75) is 39.7 Å². The van der Waals surface area contributed by atoms with E-state index in [4.69, 9.17) is 0 Å². The molecule has 3 nitrogen and oxygen atoms in total. The van der Waals surface area contributed by atoms with Gasteiger partial charge in [-0.15, -0.1) is 0 Å². The molecule has 0 radical (unpaired) electrons. The lowest BCUT2D eigenvalue weighted by atomic mass is 9.97. The Morgan fingerprint density at radius 1 is 1.29 bits per heavy atom. The van der Waals surface area contributed by atoms with Crippen molar-refractivity contribution in [3.05, 3.63) is 29.3 Å². The van der Waals surface area contributed by atoms with Gasteiger partial charge in [0.1, 0.15) is 0 Å². The van der Waals surface area contributed by atoms with E-state index in [-0.39, 0.29) is 0 Å². The number of benzene rings is 1. The van der Waals surface area contributed by atoms with Gasteiger partial charge in [-0.3, -0.25) is 0 Å². The van der Waals surface area contributed by atoms with Gasteiger partial charge in [0.25, 0.3) is 0 Å². The van der Waals surface area contributed by atoms with E-state index in [9.17, 15) is 0 Å². The monoisotopic (exact) mass is 289 g/mol. The van der Waals surface area contributed by atoms with E-state index in [0.29, 0.717) is 6.04 Å². The average Bonchev–Trinajstić information content (AvgIpc) is 2.54. The van der Waals surface area contributed by atoms with E-state index in [1.807, 2.05) is 7.05 Å². The van der Waals surface area contributed by atoms with E-state index in [1.54, 1.807) is 0 Å². The van der Waals surface area contributed by atoms with Crippen LogP contribution in [0.3, 0.4) is 0 Å². The molecule has 2 rings (SSSR count). The number of rotatable bonds is 7. The summed E-state index contributed by atoms with van der Waals surface area (Å²) in [6, 6.07) is 7.46. The molecule has 1 aromatic rings. The summed E-state index contributed by atoms with van der Waals surface area (Å²) in [6.07, 6.45) is 2.50. The van der Waals surface area contributed by atoms with E-state index in [0.717, 1.165) is 19.6 Å². The number of anilines is 1. The smallest absolute Gasteiger partial charge is 0.0399 e. The van der Waals surface area contributed by atoms with E-state index >= 15 is 0 Å². The lowest BCUT2D eigenvalue weighted by Gasteiger charge is -2.33. The summed E-state index contributed by atoms with van der Waals surface area (Å²) >= 11 is 0. The zero-order valence-electron chi connectivity index (χ0n) is 14.2. The third-order valence-corrected chi connectivity index (χ3v) is 4.83. The molecule has 0 bridgehead atoms. The number of nitrogens with zero attached hydrogens (tertiary/aromatic N) is 2. The molecule has 1 heterocycles. The number of hydrogen-bond acceptors (Lipinski definition) is 3. The molecule has 0 aliphatic carbocycles. The van der Waals surface area contributed by atoms with Crippen molar-refractivity contribution in [2.75, 3.05) is 44.7 Å². The van der Waals surface area contributed by atoms with Crippen LogP contribution < -0.4 is 10.2 Å². The molecule has 1 aliphatic heterocycles. The Kier molecular flexibility index (Phi) is 6.07. The van der Waals surface area contributed by atoms with Crippen molar-refractivity contribution in [2.24, 2.45) is 0 Å². The molecule has 0 aromatic heterocycles. The normalized spacial score (nSPS) is 16.1. The summed E-state index contributed by atoms with van der Waals surface area (Å²) in [4.78, 5) is 5.08. The number of likely N-dealkylation sites (N-methyl/N-ethyl adjacent to an activating group) is 1. The van der Waals surface area contributed by atoms with E-state index < -0.39 is 0 Å². The van der Waals surface area contributed by atoms with Crippen molar-refractivity contribution >= 4 is 5.69 Å². The van der Waals surface area contributed by atoms with Gasteiger partial charge in [-0.05, 0) is 57.1 Å². The predicted molar refractivity (Wildman–Crippen MR) is 92.2 cm³/mol. The number of nitrogens with one attached hydrogen (secondary N) is 1. The maximum Gasteiger partial charge on any atom is 0.0399 e. The van der Waals surface area contributed by atoms with Gasteiger partial charge in [-0.1, -0.05) is 26.0 Å². The fourth-order valence-corrected chi connectivity index (χ4v) is 3.17. The molecule has 1 atom stereocenters. The van der Waals surface area contributed by atoms with Crippen LogP contribution in [0.4, 0.5) is 5.69 Å². The topological polar surface area (TPSA) is 18.5 Å². The molecule has 0 saturated heterocycles. The molecule has 0 fully saturated rings. The molecule has 21 heavy (non-hydrogen) atoms. The first-order chi connectivity index (χ1) is 10.2. The van der Waals surface area contributed by atoms with Crippen LogP contribution in [-0.4, -0.2) is 44.7 Å². The Balaban J connectivity index is 2.08. The van der Waals surface area contributed by atoms with E-state index in [1.165, 1.54) is 42.7 Å². The highest BCUT2D eigenvalue weighted by atomic mass is 15.2. The molecular formula is C18H31N3. The van der Waals surface area contributed by atoms with Crippen LogP contribution in [0.1, 0.15) is 44.4 Å². The molecule has 1 aliphatic rings. The number of fused-ring (bicyclic) bond motifs is 1. The highest BCUT2D eigenvalue weighted by Gasteiger charge is 2.18. The fraction of sp³-hybridized carbons (Fsp3) is 0.667. The second-order valence-electron chi connectivity index (χ2n) is 6.02. The van der Waals surface area contributed by atoms with Crippen LogP contribution in [-0.2, 0) is 6.42 Å². The van der Waals surface area contributed by atoms with Gasteiger partial charge < -0.3 is 15.1 Å². The molecule has 0 spiro atoms. The van der Waals surface area contributed by atoms with E-state index in [2.05, 4.69) is 54.1 Å². The maximum absolute atomic E-state index is 3.33. The second-order valence-corrected chi connectivity index (χ2v) is 6.02. The van der Waals surface area contributed by atoms with Crippen molar-refractivity contribution in [1.29, 1.82) is 0 Å². The summed E-state index contributed by atoms with van der Waals surface area (Å²) in [5, 5.41) is 3.33. The Morgan fingerprint density at radius 3 is 2.71 bits per heavy atom. The fourth-order valence-electron chi connectivity index (χ4n) is 3.17. The summed E-state index contributed by atoms with van der Waals surface area (Å²) in [6.45, 7) is 12.5. The van der Waals surface area contributed by atoms with Gasteiger partial charge in [0, 0.05) is 31.4 Å². The van der Waals surface area contributed by atoms with Crippen molar-refractivity contribution in [1.82, 2.24) is 10.2 Å². The minimum Gasteiger partial charge on any atom is -0.370 e. The number of aryl methyl sites for hydroxylation is 1. The summed E-state index contributed by atoms with van der Waals surface area (Å²) in [5.41, 5.74) is 4.39. The molecular weight excluding hydrogens is 258 g/mol. The van der Waals surface area contributed by atoms with Gasteiger partial charge in [0.05, 0.1) is 0 Å². The summed E-state index contributed by atoms with van der Waals surface area (Å²) < 4.78 is 0. The third kappa shape index (κ3) is 3.98. The highest BCUT2D eigenvalue weighted by Crippen LogP contribution is 2.29. The van der Waals surface area contributed by atoms with Crippen LogP contribution in [0.2, 0.25) is 0 Å². The highest BCUT2D eigenvalue weighted by molar-refractivity contribution is 5.57. The molecule has 118 valence electrons. The average molecular weight is 289 g/mol. The van der Waals surface area contributed by atoms with Gasteiger partial charge >= 0.3 is 0 Å². The summed E-state index contributed by atoms with van der Waals surface area (Å²) in [5.74, 6) is 0. The second kappa shape index (κ2) is 7.81. The molecule has 0 amide bonds. The molecule has 3 heteroatoms. The molecule has 1 N–H and O–H groups in total. The first kappa shape index (κ1) is 16.3. The van der Waals surface area contributed by atoms with Crippen molar-refractivity contribution < 1.29 is 0 Å². The lowest BCUT2D eigenvalue weighted by molar-refractivity contribution is 0.308. The van der Waals surface area contributed by atoms with Gasteiger partial charge in [0.2, 0.25) is 0 Å². The van der Waals surface area contributed by atoms with Crippen LogP contribution in [0.15, 0.2) is 18.2 Å². The lowest BCUT2D eigenvalue weighted by Crippen LogP contribution is -2.37. The first-order valence-corrected chi connectivity index (χ1v) is 8.47. The molecule has 0 saturated carbocycles. The third-order valence-electron chi connectivity index (χ3n) is 4.83. The SMILES string of the molecule is CCN(CC)CCN1CCCc2cc(C(C)NC)ccc21. The van der Waals surface area contributed by atoms with Gasteiger partial charge in [0.15, 0.2) is 0 Å². The van der Waals surface area contributed by atoms with Gasteiger partial charge in [-0.2, -0.15) is 0 Å². The van der Waals surface area contributed by atoms with Crippen LogP contribution in [0.5, 0.6) is 0 Å². The van der Waals surface area contributed by atoms with Gasteiger partial charge in [-0.25, -0.2) is 0 Å². The Bertz CT molecular complexity index is 440. The Hall–Kier alpha value is -1.06. The quantitative estimate of drug-likeness (QED) is 0.832. The standard InChI is InChI=1S/C18H31N3/c1-5-20(6-2)12-13-21-11-7-8-17-14-16(15(3)19-4)9-10-18(17)21/h9-10,14-15,19H,5-8,11-13H2,1-4H3. The molecule has 1 unspecified atom stereocenters. The minimum atomic E-state index is 0.432. The minimum absolute atomic E-state index is 0.432. The van der Waals surface area contributed by atoms with Crippen molar-refractivity contribution in [3.63, 3.8) is 0 Å². The largest absolute Gasteiger partial charge is 0.370 e. The zero-order valence-corrected chi connectivity index (χ0v) is 14.2. The van der Waals surface area contributed by atoms with Crippen LogP contribution >= 0.6 is 0 Å². The maximum atomic E-state index is 3.33. The first-order valence-electron chi connectivity index (χ1n) is 8.47.